The molecule has 1 saturated heterocycles. The van der Waals surface area contributed by atoms with Crippen molar-refractivity contribution in [3.05, 3.63) is 11.3 Å². The van der Waals surface area contributed by atoms with Crippen LogP contribution < -0.4 is 5.32 Å². The highest BCUT2D eigenvalue weighted by molar-refractivity contribution is 6.07. The highest BCUT2D eigenvalue weighted by atomic mass is 16.6. The fraction of sp³-hybridized carbons (Fsp3) is 0.667. The molecule has 1 aliphatic carbocycles. The Hall–Kier alpha value is -1.89. The Morgan fingerprint density at radius 1 is 1.36 bits per heavy atom. The molecule has 0 aromatic heterocycles. The molecule has 7 heteroatoms. The topological polar surface area (TPSA) is 84.9 Å². The number of ether oxygens (including phenoxy) is 2. The summed E-state index contributed by atoms with van der Waals surface area (Å²) in [6, 6.07) is -0.558. The number of esters is 1. The first-order valence-electron chi connectivity index (χ1n) is 7.42. The largest absolute Gasteiger partial charge is 0.429 e. The highest BCUT2D eigenvalue weighted by Gasteiger charge is 2.50. The second-order valence-corrected chi connectivity index (χ2v) is 5.60. The van der Waals surface area contributed by atoms with E-state index in [9.17, 15) is 14.4 Å². The predicted octanol–water partition coefficient (Wildman–Crippen LogP) is 1.19. The highest BCUT2D eigenvalue weighted by Crippen LogP contribution is 2.43. The van der Waals surface area contributed by atoms with E-state index in [1.54, 1.807) is 13.8 Å². The van der Waals surface area contributed by atoms with Gasteiger partial charge >= 0.3 is 12.0 Å². The number of imide groups is 1. The van der Waals surface area contributed by atoms with Crippen molar-refractivity contribution in [3.63, 3.8) is 0 Å². The van der Waals surface area contributed by atoms with Gasteiger partial charge < -0.3 is 14.8 Å². The average molecular weight is 310 g/mol. The molecule has 2 aliphatic rings. The van der Waals surface area contributed by atoms with Gasteiger partial charge in [-0.3, -0.25) is 9.69 Å². The summed E-state index contributed by atoms with van der Waals surface area (Å²) in [5.74, 6) is -0.713. The maximum Gasteiger partial charge on any atom is 0.340 e. The number of carbonyl (C=O) groups excluding carboxylic acids is 3. The Morgan fingerprint density at radius 2 is 2.05 bits per heavy atom. The molecule has 1 aliphatic heterocycles. The van der Waals surface area contributed by atoms with Crippen molar-refractivity contribution < 1.29 is 23.9 Å². The molecule has 7 nitrogen and oxygen atoms in total. The van der Waals surface area contributed by atoms with E-state index in [1.807, 2.05) is 0 Å². The third-order valence-corrected chi connectivity index (χ3v) is 4.38. The molecule has 22 heavy (non-hydrogen) atoms. The van der Waals surface area contributed by atoms with Gasteiger partial charge in [0.15, 0.2) is 6.10 Å². The van der Waals surface area contributed by atoms with Gasteiger partial charge in [-0.1, -0.05) is 6.42 Å². The van der Waals surface area contributed by atoms with Crippen LogP contribution in [0.1, 0.15) is 33.1 Å². The lowest BCUT2D eigenvalue weighted by molar-refractivity contribution is -0.149. The first-order valence-corrected chi connectivity index (χ1v) is 7.42. The second kappa shape index (κ2) is 6.48. The number of nitrogens with one attached hydrogen (secondary N) is 1. The molecule has 3 unspecified atom stereocenters. The molecule has 0 aromatic rings. The molecule has 0 aromatic carbocycles. The van der Waals surface area contributed by atoms with Gasteiger partial charge in [0.25, 0.3) is 5.91 Å². The number of urea groups is 1. The normalized spacial score (nSPS) is 27.5. The van der Waals surface area contributed by atoms with Crippen LogP contribution >= 0.6 is 0 Å². The molecular weight excluding hydrogens is 288 g/mol. The van der Waals surface area contributed by atoms with Crippen LogP contribution in [0.2, 0.25) is 0 Å². The minimum absolute atomic E-state index is 0.0598. The minimum Gasteiger partial charge on any atom is -0.429 e. The number of allylic oxidation sites excluding steroid dienone is 1. The average Bonchev–Trinajstić information content (AvgIpc) is 3.04. The van der Waals surface area contributed by atoms with E-state index in [1.165, 1.54) is 19.1 Å². The van der Waals surface area contributed by atoms with E-state index in [0.717, 1.165) is 19.3 Å². The van der Waals surface area contributed by atoms with Gasteiger partial charge in [-0.25, -0.2) is 9.59 Å². The molecule has 3 atom stereocenters. The number of nitrogens with zero attached hydrogens (tertiary/aromatic N) is 1. The maximum absolute atomic E-state index is 12.6. The van der Waals surface area contributed by atoms with Crippen molar-refractivity contribution in [1.82, 2.24) is 10.2 Å². The zero-order valence-electron chi connectivity index (χ0n) is 13.3. The molecule has 1 saturated carbocycles. The SMILES string of the molecule is CNC(=O)N1C(=O)/C(=C(/C)OC(=O)C(C)OC)C2CCCC21. The Kier molecular flexibility index (Phi) is 4.85. The smallest absolute Gasteiger partial charge is 0.340 e. The maximum atomic E-state index is 12.6. The van der Waals surface area contributed by atoms with Crippen LogP contribution in [-0.4, -0.2) is 49.1 Å². The Bertz CT molecular complexity index is 528. The van der Waals surface area contributed by atoms with Gasteiger partial charge in [0.05, 0.1) is 5.57 Å². The zero-order chi connectivity index (χ0) is 16.4. The number of hydrogen-bond acceptors (Lipinski definition) is 5. The number of rotatable bonds is 3. The van der Waals surface area contributed by atoms with Crippen molar-refractivity contribution in [2.24, 2.45) is 5.92 Å². The van der Waals surface area contributed by atoms with Crippen molar-refractivity contribution in [3.8, 4) is 0 Å². The summed E-state index contributed by atoms with van der Waals surface area (Å²) in [6.07, 6.45) is 1.83. The molecule has 0 bridgehead atoms. The minimum atomic E-state index is -0.707. The van der Waals surface area contributed by atoms with E-state index < -0.39 is 18.1 Å². The van der Waals surface area contributed by atoms with Crippen LogP contribution in [0.4, 0.5) is 4.79 Å². The number of fused-ring (bicyclic) bond motifs is 1. The first kappa shape index (κ1) is 16.5. The van der Waals surface area contributed by atoms with E-state index in [0.29, 0.717) is 5.57 Å². The van der Waals surface area contributed by atoms with E-state index >= 15 is 0 Å². The van der Waals surface area contributed by atoms with Crippen molar-refractivity contribution in [2.75, 3.05) is 14.2 Å². The third kappa shape index (κ3) is 2.72. The zero-order valence-corrected chi connectivity index (χ0v) is 13.3. The van der Waals surface area contributed by atoms with Gasteiger partial charge in [-0.15, -0.1) is 0 Å². The summed E-state index contributed by atoms with van der Waals surface area (Å²) in [4.78, 5) is 37.6. The van der Waals surface area contributed by atoms with Crippen LogP contribution in [0.25, 0.3) is 0 Å². The lowest BCUT2D eigenvalue weighted by atomic mass is 9.97. The van der Waals surface area contributed by atoms with Crippen LogP contribution in [0, 0.1) is 5.92 Å². The molecule has 1 heterocycles. The fourth-order valence-electron chi connectivity index (χ4n) is 3.19. The summed E-state index contributed by atoms with van der Waals surface area (Å²) in [6.45, 7) is 3.17. The molecular formula is C15H22N2O5. The molecule has 2 fully saturated rings. The molecule has 2 rings (SSSR count). The van der Waals surface area contributed by atoms with Gasteiger partial charge in [0.2, 0.25) is 0 Å². The van der Waals surface area contributed by atoms with Crippen LogP contribution in [0.5, 0.6) is 0 Å². The first-order chi connectivity index (χ1) is 10.4. The Balaban J connectivity index is 2.29. The summed E-state index contributed by atoms with van der Waals surface area (Å²) in [7, 11) is 2.91. The Morgan fingerprint density at radius 3 is 2.64 bits per heavy atom. The van der Waals surface area contributed by atoms with E-state index in [4.69, 9.17) is 9.47 Å². The van der Waals surface area contributed by atoms with Gasteiger partial charge in [0, 0.05) is 26.1 Å². The van der Waals surface area contributed by atoms with Gasteiger partial charge in [-0.2, -0.15) is 0 Å². The molecule has 3 amide bonds. The molecule has 122 valence electrons. The Labute approximate surface area is 129 Å². The molecule has 0 spiro atoms. The monoisotopic (exact) mass is 310 g/mol. The van der Waals surface area contributed by atoms with E-state index in [2.05, 4.69) is 5.32 Å². The van der Waals surface area contributed by atoms with Crippen molar-refractivity contribution in [1.29, 1.82) is 0 Å². The predicted molar refractivity (Wildman–Crippen MR) is 77.7 cm³/mol. The molecule has 0 radical (unpaired) electrons. The van der Waals surface area contributed by atoms with Crippen LogP contribution in [-0.2, 0) is 19.1 Å². The third-order valence-electron chi connectivity index (χ3n) is 4.38. The standard InChI is InChI=1S/C15H22N2O5/c1-8(22-14(19)9(2)21-4)12-10-6-5-7-11(10)17(13(12)18)15(20)16-3/h9-11H,5-7H2,1-4H3,(H,16,20)/b12-8-. The van der Waals surface area contributed by atoms with Crippen molar-refractivity contribution >= 4 is 17.9 Å². The number of methoxy groups -OCH3 is 1. The van der Waals surface area contributed by atoms with Crippen LogP contribution in [0.15, 0.2) is 11.3 Å². The lowest BCUT2D eigenvalue weighted by Crippen LogP contribution is -2.44. The number of likely N-dealkylation sites (tertiary alicyclic amines) is 1. The quantitative estimate of drug-likeness (QED) is 0.481. The van der Waals surface area contributed by atoms with Crippen LogP contribution in [0.3, 0.4) is 0 Å². The number of carbonyl (C=O) groups is 3. The summed E-state index contributed by atoms with van der Waals surface area (Å²) in [5, 5.41) is 2.49. The fourth-order valence-corrected chi connectivity index (χ4v) is 3.19. The van der Waals surface area contributed by atoms with Gasteiger partial charge in [-0.05, 0) is 26.7 Å². The second-order valence-electron chi connectivity index (χ2n) is 5.60. The number of hydrogen-bond donors (Lipinski definition) is 1. The summed E-state index contributed by atoms with van der Waals surface area (Å²) >= 11 is 0. The van der Waals surface area contributed by atoms with Gasteiger partial charge in [0.1, 0.15) is 5.76 Å². The van der Waals surface area contributed by atoms with Crippen molar-refractivity contribution in [2.45, 2.75) is 45.3 Å². The van der Waals surface area contributed by atoms with E-state index in [-0.39, 0.29) is 23.6 Å². The lowest BCUT2D eigenvalue weighted by Gasteiger charge is -2.20. The number of amides is 3. The molecule has 1 N–H and O–H groups in total. The summed E-state index contributed by atoms with van der Waals surface area (Å²) in [5.41, 5.74) is 0.433. The summed E-state index contributed by atoms with van der Waals surface area (Å²) < 4.78 is 10.2.